The van der Waals surface area contributed by atoms with Crippen molar-refractivity contribution in [3.63, 3.8) is 0 Å². The molecule has 7 nitrogen and oxygen atoms in total. The summed E-state index contributed by atoms with van der Waals surface area (Å²) in [6, 6.07) is 11.1. The lowest BCUT2D eigenvalue weighted by Gasteiger charge is -2.44. The number of carbonyl (C=O) groups is 1. The summed E-state index contributed by atoms with van der Waals surface area (Å²) >= 11 is 6.38. The first-order valence-corrected chi connectivity index (χ1v) is 16.4. The Morgan fingerprint density at radius 2 is 1.95 bits per heavy atom. The van der Waals surface area contributed by atoms with E-state index in [-0.39, 0.29) is 16.4 Å². The average Bonchev–Trinajstić information content (AvgIpc) is 3.05. The average molecular weight is 598 g/mol. The summed E-state index contributed by atoms with van der Waals surface area (Å²) < 4.78 is 41.7. The molecule has 0 saturated heterocycles. The highest BCUT2D eigenvalue weighted by molar-refractivity contribution is 7.90. The number of rotatable bonds is 0. The van der Waals surface area contributed by atoms with Crippen molar-refractivity contribution < 1.29 is 22.7 Å². The highest BCUT2D eigenvalue weighted by Crippen LogP contribution is 2.46. The molecular weight excluding hydrogens is 560 g/mol. The number of nitrogens with zero attached hydrogens (tertiary/aromatic N) is 1. The number of nitrogens with one attached hydrogen (secondary N) is 1. The Morgan fingerprint density at radius 1 is 1.12 bits per heavy atom. The van der Waals surface area contributed by atoms with E-state index in [4.69, 9.17) is 21.1 Å². The van der Waals surface area contributed by atoms with Crippen molar-refractivity contribution in [2.24, 2.45) is 11.8 Å². The Bertz CT molecular complexity index is 1490. The number of ether oxygens (including phenoxy) is 2. The second-order valence-corrected chi connectivity index (χ2v) is 14.7. The van der Waals surface area contributed by atoms with E-state index in [0.717, 1.165) is 49.4 Å². The molecule has 4 atom stereocenters. The van der Waals surface area contributed by atoms with E-state index in [1.54, 1.807) is 26.0 Å². The molecule has 2 aliphatic heterocycles. The molecule has 219 valence electrons. The van der Waals surface area contributed by atoms with Crippen molar-refractivity contribution in [1.29, 1.82) is 0 Å². The fraction of sp³-hybridized carbons (Fsp3) is 0.500. The van der Waals surface area contributed by atoms with E-state index in [9.17, 15) is 13.2 Å². The number of anilines is 1. The van der Waals surface area contributed by atoms with Crippen LogP contribution >= 0.6 is 11.6 Å². The molecule has 2 aromatic rings. The van der Waals surface area contributed by atoms with Gasteiger partial charge in [0.05, 0.1) is 23.3 Å². The van der Waals surface area contributed by atoms with E-state index in [1.807, 2.05) is 25.1 Å². The van der Waals surface area contributed by atoms with Crippen LogP contribution in [-0.4, -0.2) is 45.7 Å². The van der Waals surface area contributed by atoms with Gasteiger partial charge in [0.2, 0.25) is 0 Å². The van der Waals surface area contributed by atoms with Gasteiger partial charge >= 0.3 is 0 Å². The third-order valence-electron chi connectivity index (χ3n) is 9.24. The van der Waals surface area contributed by atoms with Gasteiger partial charge < -0.3 is 14.4 Å². The Kier molecular flexibility index (Phi) is 7.40. The molecule has 1 saturated carbocycles. The molecule has 6 rings (SSSR count). The first-order chi connectivity index (χ1) is 19.5. The highest BCUT2D eigenvalue weighted by atomic mass is 35.5. The number of hydrogen-bond acceptors (Lipinski definition) is 6. The molecule has 9 heteroatoms. The van der Waals surface area contributed by atoms with Gasteiger partial charge in [0.25, 0.3) is 15.9 Å². The van der Waals surface area contributed by atoms with Crippen molar-refractivity contribution in [2.45, 2.75) is 74.9 Å². The zero-order chi connectivity index (χ0) is 29.0. The summed E-state index contributed by atoms with van der Waals surface area (Å²) in [5.41, 5.74) is 1.68. The van der Waals surface area contributed by atoms with Crippen LogP contribution in [-0.2, 0) is 31.4 Å². The minimum absolute atomic E-state index is 0.0255. The molecule has 4 aliphatic rings. The van der Waals surface area contributed by atoms with Crippen LogP contribution in [0.15, 0.2) is 53.4 Å². The number of aryl methyl sites for hydroxylation is 1. The van der Waals surface area contributed by atoms with Crippen molar-refractivity contribution in [3.8, 4) is 5.75 Å². The summed E-state index contributed by atoms with van der Waals surface area (Å²) in [4.78, 5) is 15.5. The van der Waals surface area contributed by atoms with E-state index < -0.39 is 21.5 Å². The van der Waals surface area contributed by atoms with Crippen LogP contribution in [0.2, 0.25) is 5.02 Å². The molecule has 1 spiro atoms. The second-order valence-electron chi connectivity index (χ2n) is 12.6. The van der Waals surface area contributed by atoms with Crippen LogP contribution in [0.4, 0.5) is 5.69 Å². The maximum Gasteiger partial charge on any atom is 0.265 e. The van der Waals surface area contributed by atoms with Gasteiger partial charge in [0, 0.05) is 23.5 Å². The van der Waals surface area contributed by atoms with Crippen LogP contribution in [0.1, 0.15) is 57.6 Å². The summed E-state index contributed by atoms with van der Waals surface area (Å²) in [7, 11) is -4.16. The van der Waals surface area contributed by atoms with Gasteiger partial charge in [-0.05, 0) is 113 Å². The molecular formula is C32H38ClN2O5S. The van der Waals surface area contributed by atoms with Gasteiger partial charge in [-0.3, -0.25) is 4.79 Å². The topological polar surface area (TPSA) is 84.9 Å². The van der Waals surface area contributed by atoms with Gasteiger partial charge in [-0.25, -0.2) is 13.1 Å². The Balaban J connectivity index is 1.43. The SMILES string of the molecule is CC1/C=C/[CH][C@@H]2CC[C@H]2CN2C[C@@]3(CCCc4cc(Cl)ccc43)COc3ccc(cc32)S(=O)(=O)NC(=O)C(C)(C)O1. The van der Waals surface area contributed by atoms with Gasteiger partial charge in [0.1, 0.15) is 11.4 Å². The summed E-state index contributed by atoms with van der Waals surface area (Å²) in [6.07, 6.45) is 11.0. The second kappa shape index (κ2) is 10.6. The number of halogens is 1. The Morgan fingerprint density at radius 3 is 2.73 bits per heavy atom. The van der Waals surface area contributed by atoms with Crippen molar-refractivity contribution in [1.82, 2.24) is 4.72 Å². The minimum atomic E-state index is -4.16. The number of fused-ring (bicyclic) bond motifs is 4. The molecule has 2 aromatic carbocycles. The van der Waals surface area contributed by atoms with Crippen molar-refractivity contribution in [2.75, 3.05) is 24.6 Å². The summed E-state index contributed by atoms with van der Waals surface area (Å²) in [5.74, 6) is 0.783. The number of benzene rings is 2. The number of allylic oxidation sites excluding steroid dienone is 1. The smallest absolute Gasteiger partial charge is 0.265 e. The minimum Gasteiger partial charge on any atom is -0.490 e. The number of sulfonamides is 1. The van der Waals surface area contributed by atoms with Gasteiger partial charge in [-0.15, -0.1) is 0 Å². The molecule has 1 fully saturated rings. The fourth-order valence-electron chi connectivity index (χ4n) is 6.84. The molecule has 1 N–H and O–H groups in total. The molecule has 0 aromatic heterocycles. The Hall–Kier alpha value is -2.55. The lowest BCUT2D eigenvalue weighted by atomic mass is 9.69. The molecule has 2 bridgehead atoms. The zero-order valence-electron chi connectivity index (χ0n) is 23.9. The van der Waals surface area contributed by atoms with Crippen LogP contribution in [0.5, 0.6) is 5.75 Å². The summed E-state index contributed by atoms with van der Waals surface area (Å²) in [5, 5.41) is 0.740. The normalized spacial score (nSPS) is 31.5. The predicted molar refractivity (Wildman–Crippen MR) is 160 cm³/mol. The maximum absolute atomic E-state index is 13.5. The van der Waals surface area contributed by atoms with E-state index in [2.05, 4.69) is 28.2 Å². The zero-order valence-corrected chi connectivity index (χ0v) is 25.4. The number of amides is 1. The molecule has 1 amide bonds. The van der Waals surface area contributed by atoms with Crippen LogP contribution < -0.4 is 14.4 Å². The Labute approximate surface area is 248 Å². The first kappa shape index (κ1) is 28.6. The van der Waals surface area contributed by atoms with Crippen LogP contribution in [0, 0.1) is 18.3 Å². The van der Waals surface area contributed by atoms with E-state index in [0.29, 0.717) is 30.7 Å². The number of carbonyl (C=O) groups excluding carboxylic acids is 1. The van der Waals surface area contributed by atoms with E-state index >= 15 is 0 Å². The standard InChI is InChI=1S/C32H38ClN2O5S/c1-21-6-4-7-22-9-10-24(22)18-35-19-32(15-5-8-23-16-25(33)11-13-27(23)32)20-39-29-14-12-26(17-28(29)35)41(37,38)34-30(36)31(2,3)40-21/h4,6-7,11-14,16-17,21-22,24H,5,8-10,15,18-20H2,1-3H3,(H,34,36)/b6-4+/t21?,22-,24+,32+/m1/s1. The van der Waals surface area contributed by atoms with Crippen molar-refractivity contribution in [3.05, 3.63) is 71.1 Å². The maximum atomic E-state index is 13.5. The van der Waals surface area contributed by atoms with Gasteiger partial charge in [0.15, 0.2) is 0 Å². The van der Waals surface area contributed by atoms with Crippen LogP contribution in [0.25, 0.3) is 0 Å². The molecule has 2 aliphatic carbocycles. The van der Waals surface area contributed by atoms with E-state index in [1.165, 1.54) is 17.2 Å². The monoisotopic (exact) mass is 597 g/mol. The van der Waals surface area contributed by atoms with Crippen molar-refractivity contribution >= 4 is 33.2 Å². The third-order valence-corrected chi connectivity index (χ3v) is 10.8. The lowest BCUT2D eigenvalue weighted by Crippen LogP contribution is -2.48. The highest BCUT2D eigenvalue weighted by Gasteiger charge is 2.44. The molecule has 2 heterocycles. The largest absolute Gasteiger partial charge is 0.490 e. The van der Waals surface area contributed by atoms with Gasteiger partial charge in [-0.1, -0.05) is 29.8 Å². The van der Waals surface area contributed by atoms with Gasteiger partial charge in [-0.2, -0.15) is 0 Å². The van der Waals surface area contributed by atoms with Crippen LogP contribution in [0.3, 0.4) is 0 Å². The quantitative estimate of drug-likeness (QED) is 0.425. The molecule has 1 radical (unpaired) electrons. The fourth-order valence-corrected chi connectivity index (χ4v) is 8.16. The summed E-state index contributed by atoms with van der Waals surface area (Å²) in [6.45, 7) is 7.01. The molecule has 41 heavy (non-hydrogen) atoms. The first-order valence-electron chi connectivity index (χ1n) is 14.5. The third kappa shape index (κ3) is 5.51. The predicted octanol–water partition coefficient (Wildman–Crippen LogP) is 5.60. The molecule has 1 unspecified atom stereocenters. The number of hydrogen-bond donors (Lipinski definition) is 1. The lowest BCUT2D eigenvalue weighted by molar-refractivity contribution is -0.143.